The second-order valence-electron chi connectivity index (χ2n) is 3.75. The quantitative estimate of drug-likeness (QED) is 0.760. The Hall–Kier alpha value is -1.82. The molecule has 0 aliphatic carbocycles. The van der Waals surface area contributed by atoms with E-state index in [9.17, 15) is 9.59 Å². The maximum absolute atomic E-state index is 11.6. The van der Waals surface area contributed by atoms with Crippen molar-refractivity contribution in [2.75, 3.05) is 26.2 Å². The van der Waals surface area contributed by atoms with Crippen LogP contribution in [-0.4, -0.2) is 48.1 Å². The van der Waals surface area contributed by atoms with E-state index in [4.69, 9.17) is 9.52 Å². The fraction of sp³-hybridized carbons (Fsp3) is 0.500. The molecule has 0 spiro atoms. The standard InChI is InChI=1S/C12H18N2O4/c1-3-14(4-2)8-7-13-11(15)9-5-6-10(18-9)12(16)17/h5-6H,3-4,7-8H2,1-2H3,(H,13,15)(H,16,17). The van der Waals surface area contributed by atoms with Crippen molar-refractivity contribution in [2.24, 2.45) is 0 Å². The van der Waals surface area contributed by atoms with E-state index in [1.807, 2.05) is 0 Å². The Kier molecular flexibility index (Phi) is 5.38. The van der Waals surface area contributed by atoms with Crippen LogP contribution in [-0.2, 0) is 0 Å². The second-order valence-corrected chi connectivity index (χ2v) is 3.75. The molecule has 0 radical (unpaired) electrons. The molecule has 0 fully saturated rings. The lowest BCUT2D eigenvalue weighted by atomic mass is 10.4. The fourth-order valence-electron chi connectivity index (χ4n) is 1.53. The number of carbonyl (C=O) groups is 2. The van der Waals surface area contributed by atoms with E-state index < -0.39 is 11.9 Å². The third-order valence-corrected chi connectivity index (χ3v) is 2.65. The molecule has 6 heteroatoms. The molecule has 1 aromatic rings. The Morgan fingerprint density at radius 3 is 2.39 bits per heavy atom. The Bertz CT molecular complexity index is 410. The van der Waals surface area contributed by atoms with E-state index in [-0.39, 0.29) is 11.5 Å². The van der Waals surface area contributed by atoms with E-state index in [0.29, 0.717) is 6.54 Å². The zero-order valence-corrected chi connectivity index (χ0v) is 10.6. The van der Waals surface area contributed by atoms with Gasteiger partial charge in [-0.25, -0.2) is 4.79 Å². The number of carboxylic acid groups (broad SMARTS) is 1. The molecule has 0 aliphatic rings. The Labute approximate surface area is 106 Å². The third-order valence-electron chi connectivity index (χ3n) is 2.65. The van der Waals surface area contributed by atoms with Crippen LogP contribution in [0, 0.1) is 0 Å². The van der Waals surface area contributed by atoms with Gasteiger partial charge < -0.3 is 19.7 Å². The number of rotatable bonds is 7. The summed E-state index contributed by atoms with van der Waals surface area (Å²) in [6.07, 6.45) is 0. The molecule has 0 bridgehead atoms. The van der Waals surface area contributed by atoms with Crippen LogP contribution in [0.25, 0.3) is 0 Å². The van der Waals surface area contributed by atoms with Gasteiger partial charge in [0.05, 0.1) is 0 Å². The molecule has 1 aromatic heterocycles. The van der Waals surface area contributed by atoms with Gasteiger partial charge in [0.2, 0.25) is 5.76 Å². The Balaban J connectivity index is 2.42. The van der Waals surface area contributed by atoms with Crippen molar-refractivity contribution < 1.29 is 19.1 Å². The van der Waals surface area contributed by atoms with Gasteiger partial charge in [0.1, 0.15) is 0 Å². The highest BCUT2D eigenvalue weighted by Gasteiger charge is 2.14. The van der Waals surface area contributed by atoms with Gasteiger partial charge in [-0.1, -0.05) is 13.8 Å². The lowest BCUT2D eigenvalue weighted by molar-refractivity contribution is 0.0659. The number of amides is 1. The average Bonchev–Trinajstić information content (AvgIpc) is 2.84. The van der Waals surface area contributed by atoms with Gasteiger partial charge in [-0.3, -0.25) is 4.79 Å². The summed E-state index contributed by atoms with van der Waals surface area (Å²) in [5.41, 5.74) is 0. The number of likely N-dealkylation sites (N-methyl/N-ethyl adjacent to an activating group) is 1. The van der Waals surface area contributed by atoms with Crippen molar-refractivity contribution in [2.45, 2.75) is 13.8 Å². The first-order chi connectivity index (χ1) is 8.58. The van der Waals surface area contributed by atoms with Gasteiger partial charge in [-0.05, 0) is 25.2 Å². The largest absolute Gasteiger partial charge is 0.475 e. The molecule has 0 aliphatic heterocycles. The van der Waals surface area contributed by atoms with Crippen molar-refractivity contribution in [3.8, 4) is 0 Å². The van der Waals surface area contributed by atoms with Crippen molar-refractivity contribution in [1.82, 2.24) is 10.2 Å². The molecule has 2 N–H and O–H groups in total. The predicted molar refractivity (Wildman–Crippen MR) is 65.8 cm³/mol. The molecule has 0 unspecified atom stereocenters. The van der Waals surface area contributed by atoms with E-state index in [1.54, 1.807) is 0 Å². The lowest BCUT2D eigenvalue weighted by Gasteiger charge is -2.17. The van der Waals surface area contributed by atoms with Crippen molar-refractivity contribution >= 4 is 11.9 Å². The highest BCUT2D eigenvalue weighted by atomic mass is 16.4. The van der Waals surface area contributed by atoms with Gasteiger partial charge in [0, 0.05) is 13.1 Å². The SMILES string of the molecule is CCN(CC)CCNC(=O)c1ccc(C(=O)O)o1. The molecule has 100 valence electrons. The zero-order chi connectivity index (χ0) is 13.5. The van der Waals surface area contributed by atoms with E-state index in [2.05, 4.69) is 24.1 Å². The van der Waals surface area contributed by atoms with Crippen LogP contribution in [0.4, 0.5) is 0 Å². The summed E-state index contributed by atoms with van der Waals surface area (Å²) in [6.45, 7) is 7.22. The predicted octanol–water partition coefficient (Wildman–Crippen LogP) is 1.05. The zero-order valence-electron chi connectivity index (χ0n) is 10.6. The summed E-state index contributed by atoms with van der Waals surface area (Å²) in [7, 11) is 0. The van der Waals surface area contributed by atoms with Gasteiger partial charge >= 0.3 is 5.97 Å². The fourth-order valence-corrected chi connectivity index (χ4v) is 1.53. The van der Waals surface area contributed by atoms with Crippen LogP contribution in [0.15, 0.2) is 16.5 Å². The summed E-state index contributed by atoms with van der Waals surface area (Å²) in [4.78, 5) is 24.4. The highest BCUT2D eigenvalue weighted by molar-refractivity contribution is 5.93. The number of nitrogens with one attached hydrogen (secondary N) is 1. The van der Waals surface area contributed by atoms with Crippen LogP contribution in [0.3, 0.4) is 0 Å². The molecule has 0 saturated carbocycles. The minimum absolute atomic E-state index is 0.0203. The molecule has 0 saturated heterocycles. The Morgan fingerprint density at radius 2 is 1.89 bits per heavy atom. The average molecular weight is 254 g/mol. The van der Waals surface area contributed by atoms with Crippen LogP contribution >= 0.6 is 0 Å². The molecule has 1 rings (SSSR count). The maximum Gasteiger partial charge on any atom is 0.371 e. The molecular formula is C12H18N2O4. The summed E-state index contributed by atoms with van der Waals surface area (Å²) in [6, 6.07) is 2.62. The molecule has 1 amide bonds. The van der Waals surface area contributed by atoms with Gasteiger partial charge in [0.25, 0.3) is 5.91 Å². The monoisotopic (exact) mass is 254 g/mol. The van der Waals surface area contributed by atoms with Crippen LogP contribution < -0.4 is 5.32 Å². The lowest BCUT2D eigenvalue weighted by Crippen LogP contribution is -2.34. The number of furan rings is 1. The minimum atomic E-state index is -1.18. The first-order valence-electron chi connectivity index (χ1n) is 5.92. The Morgan fingerprint density at radius 1 is 1.28 bits per heavy atom. The maximum atomic E-state index is 11.6. The molecule has 0 aromatic carbocycles. The van der Waals surface area contributed by atoms with Gasteiger partial charge in [-0.15, -0.1) is 0 Å². The molecular weight excluding hydrogens is 236 g/mol. The van der Waals surface area contributed by atoms with Crippen molar-refractivity contribution in [3.63, 3.8) is 0 Å². The molecule has 0 atom stereocenters. The van der Waals surface area contributed by atoms with E-state index in [0.717, 1.165) is 19.6 Å². The molecule has 18 heavy (non-hydrogen) atoms. The van der Waals surface area contributed by atoms with Crippen molar-refractivity contribution in [1.29, 1.82) is 0 Å². The topological polar surface area (TPSA) is 82.8 Å². The first kappa shape index (κ1) is 14.2. The number of carboxylic acids is 1. The van der Waals surface area contributed by atoms with Gasteiger partial charge in [0.15, 0.2) is 5.76 Å². The third kappa shape index (κ3) is 3.89. The minimum Gasteiger partial charge on any atom is -0.475 e. The second kappa shape index (κ2) is 6.80. The van der Waals surface area contributed by atoms with Crippen LogP contribution in [0.1, 0.15) is 35.0 Å². The van der Waals surface area contributed by atoms with E-state index in [1.165, 1.54) is 12.1 Å². The number of aromatic carboxylic acids is 1. The normalized spacial score (nSPS) is 10.6. The van der Waals surface area contributed by atoms with E-state index >= 15 is 0 Å². The first-order valence-corrected chi connectivity index (χ1v) is 5.92. The smallest absolute Gasteiger partial charge is 0.371 e. The summed E-state index contributed by atoms with van der Waals surface area (Å²) in [5.74, 6) is -1.79. The van der Waals surface area contributed by atoms with Gasteiger partial charge in [-0.2, -0.15) is 0 Å². The summed E-state index contributed by atoms with van der Waals surface area (Å²) in [5, 5.41) is 11.3. The number of hydrogen-bond acceptors (Lipinski definition) is 4. The highest BCUT2D eigenvalue weighted by Crippen LogP contribution is 2.07. The van der Waals surface area contributed by atoms with Crippen LogP contribution in [0.2, 0.25) is 0 Å². The summed E-state index contributed by atoms with van der Waals surface area (Å²) < 4.78 is 4.89. The number of nitrogens with zero attached hydrogens (tertiary/aromatic N) is 1. The molecule has 6 nitrogen and oxygen atoms in total. The number of hydrogen-bond donors (Lipinski definition) is 2. The molecule has 1 heterocycles. The van der Waals surface area contributed by atoms with Crippen LogP contribution in [0.5, 0.6) is 0 Å². The summed E-state index contributed by atoms with van der Waals surface area (Å²) >= 11 is 0. The number of carbonyl (C=O) groups excluding carboxylic acids is 1. The van der Waals surface area contributed by atoms with Crippen molar-refractivity contribution in [3.05, 3.63) is 23.7 Å².